The number of halogens is 1. The van der Waals surface area contributed by atoms with E-state index in [2.05, 4.69) is 38.1 Å². The van der Waals surface area contributed by atoms with Crippen molar-refractivity contribution in [3.05, 3.63) is 58.6 Å². The van der Waals surface area contributed by atoms with Crippen LogP contribution in [0.2, 0.25) is 5.02 Å². The molecule has 0 atom stereocenters. The van der Waals surface area contributed by atoms with E-state index in [1.165, 1.54) is 11.8 Å². The van der Waals surface area contributed by atoms with Crippen molar-refractivity contribution in [2.45, 2.75) is 26.2 Å². The molecular weight excluding hydrogens is 326 g/mol. The molecule has 0 unspecified atom stereocenters. The van der Waals surface area contributed by atoms with Crippen LogP contribution in [-0.4, -0.2) is 24.6 Å². The molecule has 0 aliphatic heterocycles. The SMILES string of the molecule is CC(C)(C)c1ccc(OCCOc2ccc(Cl)cc2C=NO)cc1. The van der Waals surface area contributed by atoms with Crippen LogP contribution in [0.15, 0.2) is 47.6 Å². The highest BCUT2D eigenvalue weighted by atomic mass is 35.5. The van der Waals surface area contributed by atoms with E-state index in [-0.39, 0.29) is 5.41 Å². The van der Waals surface area contributed by atoms with Gasteiger partial charge in [-0.05, 0) is 41.3 Å². The third-order valence-electron chi connectivity index (χ3n) is 3.50. The van der Waals surface area contributed by atoms with E-state index in [0.29, 0.717) is 29.5 Å². The van der Waals surface area contributed by atoms with Gasteiger partial charge in [0.2, 0.25) is 0 Å². The van der Waals surface area contributed by atoms with Crippen molar-refractivity contribution < 1.29 is 14.7 Å². The van der Waals surface area contributed by atoms with Crippen LogP contribution in [-0.2, 0) is 5.41 Å². The molecule has 0 aliphatic rings. The highest BCUT2D eigenvalue weighted by Gasteiger charge is 2.12. The molecule has 0 amide bonds. The standard InChI is InChI=1S/C19H22ClNO3/c1-19(2,3)15-4-7-17(8-5-15)23-10-11-24-18-9-6-16(20)12-14(18)13-21-22/h4-9,12-13,22H,10-11H2,1-3H3. The molecule has 2 rings (SSSR count). The second kappa shape index (κ2) is 8.06. The van der Waals surface area contributed by atoms with Gasteiger partial charge in [-0.1, -0.05) is 49.7 Å². The molecule has 128 valence electrons. The number of rotatable bonds is 6. The molecule has 4 nitrogen and oxygen atoms in total. The Balaban J connectivity index is 1.87. The van der Waals surface area contributed by atoms with Crippen molar-refractivity contribution in [2.24, 2.45) is 5.16 Å². The van der Waals surface area contributed by atoms with Crippen molar-refractivity contribution in [2.75, 3.05) is 13.2 Å². The zero-order valence-electron chi connectivity index (χ0n) is 14.1. The summed E-state index contributed by atoms with van der Waals surface area (Å²) in [5, 5.41) is 12.2. The summed E-state index contributed by atoms with van der Waals surface area (Å²) < 4.78 is 11.3. The fourth-order valence-electron chi connectivity index (χ4n) is 2.18. The quantitative estimate of drug-likeness (QED) is 0.350. The van der Waals surface area contributed by atoms with Crippen molar-refractivity contribution in [1.29, 1.82) is 0 Å². The third kappa shape index (κ3) is 5.17. The molecule has 0 bridgehead atoms. The second-order valence-corrected chi connectivity index (χ2v) is 6.83. The average Bonchev–Trinajstić information content (AvgIpc) is 2.53. The maximum absolute atomic E-state index is 8.68. The first kappa shape index (κ1) is 18.1. The summed E-state index contributed by atoms with van der Waals surface area (Å²) in [7, 11) is 0. The van der Waals surface area contributed by atoms with Gasteiger partial charge in [0, 0.05) is 10.6 Å². The topological polar surface area (TPSA) is 51.0 Å². The molecule has 0 spiro atoms. The molecule has 2 aromatic rings. The zero-order valence-corrected chi connectivity index (χ0v) is 14.9. The minimum atomic E-state index is 0.126. The first-order chi connectivity index (χ1) is 11.4. The van der Waals surface area contributed by atoms with Crippen molar-refractivity contribution in [3.8, 4) is 11.5 Å². The lowest BCUT2D eigenvalue weighted by molar-refractivity contribution is 0.217. The normalized spacial score (nSPS) is 11.7. The Bertz CT molecular complexity index is 691. The average molecular weight is 348 g/mol. The van der Waals surface area contributed by atoms with Crippen LogP contribution < -0.4 is 9.47 Å². The monoisotopic (exact) mass is 347 g/mol. The lowest BCUT2D eigenvalue weighted by Crippen LogP contribution is -2.12. The maximum Gasteiger partial charge on any atom is 0.128 e. The van der Waals surface area contributed by atoms with Gasteiger partial charge in [-0.15, -0.1) is 0 Å². The fourth-order valence-corrected chi connectivity index (χ4v) is 2.36. The van der Waals surface area contributed by atoms with Crippen LogP contribution in [0.1, 0.15) is 31.9 Å². The predicted octanol–water partition coefficient (Wildman–Crippen LogP) is 4.90. The van der Waals surface area contributed by atoms with Crippen LogP contribution in [0.5, 0.6) is 11.5 Å². The predicted molar refractivity (Wildman–Crippen MR) is 97.0 cm³/mol. The Morgan fingerprint density at radius 1 is 1.04 bits per heavy atom. The van der Waals surface area contributed by atoms with E-state index in [1.807, 2.05) is 12.1 Å². The van der Waals surface area contributed by atoms with Crippen LogP contribution in [0.25, 0.3) is 0 Å². The molecule has 0 heterocycles. The Hall–Kier alpha value is -2.20. The maximum atomic E-state index is 8.68. The van der Waals surface area contributed by atoms with E-state index in [4.69, 9.17) is 26.3 Å². The van der Waals surface area contributed by atoms with Gasteiger partial charge in [0.15, 0.2) is 0 Å². The molecular formula is C19H22ClNO3. The largest absolute Gasteiger partial charge is 0.490 e. The molecule has 0 saturated heterocycles. The van der Waals surface area contributed by atoms with Crippen molar-refractivity contribution >= 4 is 17.8 Å². The first-order valence-electron chi connectivity index (χ1n) is 7.73. The Morgan fingerprint density at radius 3 is 2.33 bits per heavy atom. The van der Waals surface area contributed by atoms with Crippen LogP contribution >= 0.6 is 11.6 Å². The van der Waals surface area contributed by atoms with Crippen molar-refractivity contribution in [1.82, 2.24) is 0 Å². The van der Waals surface area contributed by atoms with Crippen LogP contribution in [0, 0.1) is 0 Å². The van der Waals surface area contributed by atoms with Gasteiger partial charge in [0.25, 0.3) is 0 Å². The van der Waals surface area contributed by atoms with E-state index in [0.717, 1.165) is 5.75 Å². The van der Waals surface area contributed by atoms with E-state index in [9.17, 15) is 0 Å². The van der Waals surface area contributed by atoms with Gasteiger partial charge in [0.1, 0.15) is 24.7 Å². The molecule has 1 N–H and O–H groups in total. The summed E-state index contributed by atoms with van der Waals surface area (Å²) in [5.41, 5.74) is 2.00. The number of nitrogens with zero attached hydrogens (tertiary/aromatic N) is 1. The summed E-state index contributed by atoms with van der Waals surface area (Å²) in [6, 6.07) is 13.2. The summed E-state index contributed by atoms with van der Waals surface area (Å²) in [6.45, 7) is 7.31. The minimum Gasteiger partial charge on any atom is -0.490 e. The highest BCUT2D eigenvalue weighted by molar-refractivity contribution is 6.30. The van der Waals surface area contributed by atoms with Gasteiger partial charge in [0.05, 0.1) is 6.21 Å². The Labute approximate surface area is 147 Å². The summed E-state index contributed by atoms with van der Waals surface area (Å²) in [4.78, 5) is 0. The third-order valence-corrected chi connectivity index (χ3v) is 3.73. The fraction of sp³-hybridized carbons (Fsp3) is 0.316. The number of oxime groups is 1. The first-order valence-corrected chi connectivity index (χ1v) is 8.11. The van der Waals surface area contributed by atoms with Crippen molar-refractivity contribution in [3.63, 3.8) is 0 Å². The van der Waals surface area contributed by atoms with E-state index >= 15 is 0 Å². The minimum absolute atomic E-state index is 0.126. The molecule has 0 saturated carbocycles. The molecule has 0 aromatic heterocycles. The van der Waals surface area contributed by atoms with Gasteiger partial charge in [-0.2, -0.15) is 0 Å². The lowest BCUT2D eigenvalue weighted by Gasteiger charge is -2.19. The second-order valence-electron chi connectivity index (χ2n) is 6.40. The molecule has 2 aromatic carbocycles. The number of hydrogen-bond donors (Lipinski definition) is 1. The summed E-state index contributed by atoms with van der Waals surface area (Å²) in [5.74, 6) is 1.39. The zero-order chi connectivity index (χ0) is 17.6. The number of hydrogen-bond acceptors (Lipinski definition) is 4. The van der Waals surface area contributed by atoms with Gasteiger partial charge in [-0.3, -0.25) is 0 Å². The lowest BCUT2D eigenvalue weighted by atomic mass is 9.87. The van der Waals surface area contributed by atoms with Gasteiger partial charge < -0.3 is 14.7 Å². The number of ether oxygens (including phenoxy) is 2. The molecule has 0 radical (unpaired) electrons. The molecule has 5 heteroatoms. The summed E-state index contributed by atoms with van der Waals surface area (Å²) in [6.07, 6.45) is 1.29. The highest BCUT2D eigenvalue weighted by Crippen LogP contribution is 2.24. The van der Waals surface area contributed by atoms with Crippen LogP contribution in [0.3, 0.4) is 0 Å². The Morgan fingerprint density at radius 2 is 1.71 bits per heavy atom. The molecule has 24 heavy (non-hydrogen) atoms. The number of benzene rings is 2. The van der Waals surface area contributed by atoms with Gasteiger partial charge in [-0.25, -0.2) is 0 Å². The van der Waals surface area contributed by atoms with E-state index < -0.39 is 0 Å². The van der Waals surface area contributed by atoms with Gasteiger partial charge >= 0.3 is 0 Å². The molecule has 0 fully saturated rings. The van der Waals surface area contributed by atoms with E-state index in [1.54, 1.807) is 18.2 Å². The Kier molecular flexibility index (Phi) is 6.10. The molecule has 0 aliphatic carbocycles. The smallest absolute Gasteiger partial charge is 0.128 e. The van der Waals surface area contributed by atoms with Crippen LogP contribution in [0.4, 0.5) is 0 Å². The summed E-state index contributed by atoms with van der Waals surface area (Å²) >= 11 is 5.92.